The van der Waals surface area contributed by atoms with Crippen LogP contribution in [-0.2, 0) is 11.2 Å². The fraction of sp³-hybridized carbons (Fsp3) is 0.0435. The smallest absolute Gasteiger partial charge is 0.258 e. The second kappa shape index (κ2) is 8.93. The van der Waals surface area contributed by atoms with Crippen LogP contribution in [0.5, 0.6) is 0 Å². The van der Waals surface area contributed by atoms with Gasteiger partial charge in [0, 0.05) is 21.4 Å². The molecule has 0 unspecified atom stereocenters. The van der Waals surface area contributed by atoms with Crippen LogP contribution >= 0.6 is 15.9 Å². The van der Waals surface area contributed by atoms with Crippen LogP contribution in [0.2, 0.25) is 0 Å². The minimum Gasteiger partial charge on any atom is -0.326 e. The average molecular weight is 477 g/mol. The van der Waals surface area contributed by atoms with E-state index < -0.39 is 0 Å². The predicted octanol–water partition coefficient (Wildman–Crippen LogP) is 4.12. The normalized spacial score (nSPS) is 10.6. The van der Waals surface area contributed by atoms with Crippen molar-refractivity contribution in [3.05, 3.63) is 99.0 Å². The summed E-state index contributed by atoms with van der Waals surface area (Å²) in [4.78, 5) is 43.2. The monoisotopic (exact) mass is 476 g/mol. The zero-order valence-corrected chi connectivity index (χ0v) is 17.8. The zero-order chi connectivity index (χ0) is 21.8. The number of hydrogen-bond acceptors (Lipinski definition) is 4. The standard InChI is InChI=1S/C23H17BrN4O3/c24-16-5-1-14(2-6-16)11-21(29)27-17-7-3-15(4-8-17)22(30)28-18-9-10-20-19(12-18)23(31)26-13-25-20/h1-10,12-13H,11H2,(H,27,29)(H,28,30)(H,25,26,31). The van der Waals surface area contributed by atoms with Gasteiger partial charge in [-0.15, -0.1) is 0 Å². The predicted molar refractivity (Wildman–Crippen MR) is 123 cm³/mol. The molecule has 0 atom stereocenters. The Morgan fingerprint density at radius 2 is 1.61 bits per heavy atom. The van der Waals surface area contributed by atoms with Crippen LogP contribution < -0.4 is 16.2 Å². The van der Waals surface area contributed by atoms with Gasteiger partial charge in [0.25, 0.3) is 11.5 Å². The fourth-order valence-electron chi connectivity index (χ4n) is 3.05. The van der Waals surface area contributed by atoms with Crippen molar-refractivity contribution in [1.29, 1.82) is 0 Å². The second-order valence-electron chi connectivity index (χ2n) is 6.85. The Hall–Kier alpha value is -3.78. The molecule has 0 fully saturated rings. The largest absolute Gasteiger partial charge is 0.326 e. The molecule has 0 radical (unpaired) electrons. The van der Waals surface area contributed by atoms with E-state index in [-0.39, 0.29) is 23.8 Å². The molecule has 0 aliphatic heterocycles. The summed E-state index contributed by atoms with van der Waals surface area (Å²) in [5.74, 6) is -0.470. The number of nitrogens with zero attached hydrogens (tertiary/aromatic N) is 1. The first-order chi connectivity index (χ1) is 15.0. The lowest BCUT2D eigenvalue weighted by molar-refractivity contribution is -0.115. The molecule has 0 saturated carbocycles. The van der Waals surface area contributed by atoms with Gasteiger partial charge in [-0.25, -0.2) is 4.98 Å². The van der Waals surface area contributed by atoms with Crippen LogP contribution in [0.4, 0.5) is 11.4 Å². The molecule has 0 aliphatic rings. The summed E-state index contributed by atoms with van der Waals surface area (Å²) in [6.45, 7) is 0. The third-order valence-electron chi connectivity index (χ3n) is 4.61. The highest BCUT2D eigenvalue weighted by Gasteiger charge is 2.09. The number of H-pyrrole nitrogens is 1. The van der Waals surface area contributed by atoms with Crippen molar-refractivity contribution in [2.24, 2.45) is 0 Å². The van der Waals surface area contributed by atoms with E-state index in [1.165, 1.54) is 6.33 Å². The first-order valence-corrected chi connectivity index (χ1v) is 10.2. The highest BCUT2D eigenvalue weighted by molar-refractivity contribution is 9.10. The van der Waals surface area contributed by atoms with E-state index in [2.05, 4.69) is 36.5 Å². The number of carbonyl (C=O) groups is 2. The van der Waals surface area contributed by atoms with Crippen LogP contribution in [0.1, 0.15) is 15.9 Å². The van der Waals surface area contributed by atoms with Gasteiger partial charge in [0.1, 0.15) is 0 Å². The number of carbonyl (C=O) groups excluding carboxylic acids is 2. The van der Waals surface area contributed by atoms with Crippen LogP contribution in [0.25, 0.3) is 10.9 Å². The number of benzene rings is 3. The Labute approximate surface area is 185 Å². The Balaban J connectivity index is 1.40. The number of amides is 2. The van der Waals surface area contributed by atoms with E-state index in [1.807, 2.05) is 24.3 Å². The van der Waals surface area contributed by atoms with Gasteiger partial charge in [-0.05, 0) is 60.2 Å². The van der Waals surface area contributed by atoms with Crippen molar-refractivity contribution in [2.75, 3.05) is 10.6 Å². The van der Waals surface area contributed by atoms with Gasteiger partial charge in [0.05, 0.1) is 23.7 Å². The number of halogens is 1. The van der Waals surface area contributed by atoms with Gasteiger partial charge in [-0.2, -0.15) is 0 Å². The molecule has 0 spiro atoms. The van der Waals surface area contributed by atoms with Crippen molar-refractivity contribution in [3.8, 4) is 0 Å². The van der Waals surface area contributed by atoms with E-state index >= 15 is 0 Å². The number of fused-ring (bicyclic) bond motifs is 1. The van der Waals surface area contributed by atoms with Gasteiger partial charge in [0.2, 0.25) is 5.91 Å². The molecular weight excluding hydrogens is 460 g/mol. The summed E-state index contributed by atoms with van der Waals surface area (Å²) >= 11 is 3.37. The maximum Gasteiger partial charge on any atom is 0.258 e. The van der Waals surface area contributed by atoms with Crippen molar-refractivity contribution in [3.63, 3.8) is 0 Å². The molecule has 31 heavy (non-hydrogen) atoms. The number of hydrogen-bond donors (Lipinski definition) is 3. The molecule has 0 bridgehead atoms. The highest BCUT2D eigenvalue weighted by atomic mass is 79.9. The number of aromatic nitrogens is 2. The number of aromatic amines is 1. The third kappa shape index (κ3) is 5.04. The van der Waals surface area contributed by atoms with Crippen LogP contribution in [0.3, 0.4) is 0 Å². The van der Waals surface area contributed by atoms with Gasteiger partial charge >= 0.3 is 0 Å². The third-order valence-corrected chi connectivity index (χ3v) is 5.14. The first-order valence-electron chi connectivity index (χ1n) is 9.41. The second-order valence-corrected chi connectivity index (χ2v) is 7.76. The number of rotatable bonds is 5. The van der Waals surface area contributed by atoms with Crippen molar-refractivity contribution in [2.45, 2.75) is 6.42 Å². The summed E-state index contributed by atoms with van der Waals surface area (Å²) in [5.41, 5.74) is 2.69. The Morgan fingerprint density at radius 3 is 2.35 bits per heavy atom. The summed E-state index contributed by atoms with van der Waals surface area (Å²) in [5, 5.41) is 5.98. The molecule has 0 saturated heterocycles. The number of anilines is 2. The van der Waals surface area contributed by atoms with E-state index in [9.17, 15) is 14.4 Å². The SMILES string of the molecule is O=C(Cc1ccc(Br)cc1)Nc1ccc(C(=O)Nc2ccc3nc[nH]c(=O)c3c2)cc1. The fourth-order valence-corrected chi connectivity index (χ4v) is 3.31. The molecular formula is C23H17BrN4O3. The lowest BCUT2D eigenvalue weighted by atomic mass is 10.1. The van der Waals surface area contributed by atoms with Gasteiger partial charge in [0.15, 0.2) is 0 Å². The average Bonchev–Trinajstić information content (AvgIpc) is 2.76. The van der Waals surface area contributed by atoms with Gasteiger partial charge in [-0.3, -0.25) is 14.4 Å². The maximum atomic E-state index is 12.5. The molecule has 7 nitrogen and oxygen atoms in total. The maximum absolute atomic E-state index is 12.5. The highest BCUT2D eigenvalue weighted by Crippen LogP contribution is 2.17. The van der Waals surface area contributed by atoms with Crippen LogP contribution in [-0.4, -0.2) is 21.8 Å². The topological polar surface area (TPSA) is 104 Å². The van der Waals surface area contributed by atoms with E-state index in [4.69, 9.17) is 0 Å². The zero-order valence-electron chi connectivity index (χ0n) is 16.2. The Kier molecular flexibility index (Phi) is 5.90. The minimum atomic E-state index is -0.326. The molecule has 0 aliphatic carbocycles. The Bertz CT molecular complexity index is 1320. The van der Waals surface area contributed by atoms with Crippen molar-refractivity contribution < 1.29 is 9.59 Å². The van der Waals surface area contributed by atoms with E-state index in [0.29, 0.717) is 27.8 Å². The first kappa shape index (κ1) is 20.5. The van der Waals surface area contributed by atoms with E-state index in [0.717, 1.165) is 10.0 Å². The molecule has 8 heteroatoms. The van der Waals surface area contributed by atoms with Crippen molar-refractivity contribution in [1.82, 2.24) is 9.97 Å². The summed E-state index contributed by atoms with van der Waals surface area (Å²) in [6.07, 6.45) is 1.59. The van der Waals surface area contributed by atoms with Crippen molar-refractivity contribution >= 4 is 50.0 Å². The lowest BCUT2D eigenvalue weighted by Crippen LogP contribution is -2.15. The van der Waals surface area contributed by atoms with Gasteiger partial charge < -0.3 is 15.6 Å². The summed E-state index contributed by atoms with van der Waals surface area (Å²) in [7, 11) is 0. The summed E-state index contributed by atoms with van der Waals surface area (Å²) in [6, 6.07) is 19.1. The lowest BCUT2D eigenvalue weighted by Gasteiger charge is -2.08. The molecule has 2 amide bonds. The molecule has 3 aromatic carbocycles. The molecule has 1 aromatic heterocycles. The summed E-state index contributed by atoms with van der Waals surface area (Å²) < 4.78 is 0.956. The quantitative estimate of drug-likeness (QED) is 0.402. The minimum absolute atomic E-state index is 0.144. The van der Waals surface area contributed by atoms with E-state index in [1.54, 1.807) is 42.5 Å². The molecule has 3 N–H and O–H groups in total. The Morgan fingerprint density at radius 1 is 0.903 bits per heavy atom. The number of nitrogens with one attached hydrogen (secondary N) is 3. The molecule has 1 heterocycles. The molecule has 4 rings (SSSR count). The van der Waals surface area contributed by atoms with Crippen LogP contribution in [0, 0.1) is 0 Å². The molecule has 4 aromatic rings. The van der Waals surface area contributed by atoms with Crippen LogP contribution in [0.15, 0.2) is 82.3 Å². The van der Waals surface area contributed by atoms with Gasteiger partial charge in [-0.1, -0.05) is 28.1 Å². The molecule has 154 valence electrons.